The summed E-state index contributed by atoms with van der Waals surface area (Å²) in [4.78, 5) is 14.7. The van der Waals surface area contributed by atoms with Crippen molar-refractivity contribution in [2.45, 2.75) is 31.3 Å². The van der Waals surface area contributed by atoms with Crippen LogP contribution in [0.2, 0.25) is 0 Å². The minimum atomic E-state index is 0. The smallest absolute Gasteiger partial charge is 0.274 e. The Bertz CT molecular complexity index is 735. The third-order valence-electron chi connectivity index (χ3n) is 4.69. The molecule has 3 heterocycles. The van der Waals surface area contributed by atoms with E-state index in [4.69, 9.17) is 0 Å². The summed E-state index contributed by atoms with van der Waals surface area (Å²) < 4.78 is 2.74. The predicted octanol–water partition coefficient (Wildman–Crippen LogP) is 3.02. The van der Waals surface area contributed by atoms with Gasteiger partial charge < -0.3 is 10.2 Å². The Morgan fingerprint density at radius 2 is 2.04 bits per heavy atom. The van der Waals surface area contributed by atoms with Crippen LogP contribution in [0.5, 0.6) is 0 Å². The first kappa shape index (κ1) is 17.5. The molecule has 1 amide bonds. The fraction of sp³-hybridized carbons (Fsp3) is 0.412. The first-order chi connectivity index (χ1) is 11.2. The molecule has 4 rings (SSSR count). The Labute approximate surface area is 155 Å². The number of halogens is 2. The van der Waals surface area contributed by atoms with Crippen LogP contribution >= 0.6 is 28.3 Å². The molecule has 0 spiro atoms. The highest BCUT2D eigenvalue weighted by atomic mass is 79.9. The van der Waals surface area contributed by atoms with Gasteiger partial charge in [0.25, 0.3) is 5.91 Å². The van der Waals surface area contributed by atoms with Crippen LogP contribution in [0.4, 0.5) is 0 Å². The maximum Gasteiger partial charge on any atom is 0.274 e. The van der Waals surface area contributed by atoms with Gasteiger partial charge >= 0.3 is 0 Å². The Kier molecular flexibility index (Phi) is 5.27. The number of benzene rings is 1. The van der Waals surface area contributed by atoms with Gasteiger partial charge in [0, 0.05) is 35.8 Å². The van der Waals surface area contributed by atoms with Crippen LogP contribution in [0.3, 0.4) is 0 Å². The average molecular weight is 412 g/mol. The molecule has 0 aliphatic carbocycles. The van der Waals surface area contributed by atoms with Gasteiger partial charge in [0.1, 0.15) is 0 Å². The van der Waals surface area contributed by atoms with Crippen molar-refractivity contribution in [2.24, 2.45) is 0 Å². The van der Waals surface area contributed by atoms with Gasteiger partial charge in [0.05, 0.1) is 5.69 Å². The predicted molar refractivity (Wildman–Crippen MR) is 99.0 cm³/mol. The summed E-state index contributed by atoms with van der Waals surface area (Å²) in [7, 11) is 0. The van der Waals surface area contributed by atoms with Crippen LogP contribution in [0.15, 0.2) is 41.0 Å². The Balaban J connectivity index is 0.00000169. The second-order valence-corrected chi connectivity index (χ2v) is 7.22. The molecule has 7 heteroatoms. The van der Waals surface area contributed by atoms with Crippen LogP contribution in [0.1, 0.15) is 29.8 Å². The van der Waals surface area contributed by atoms with Crippen LogP contribution < -0.4 is 5.32 Å². The summed E-state index contributed by atoms with van der Waals surface area (Å²) in [5, 5.41) is 8.08. The number of hydrogen-bond acceptors (Lipinski definition) is 3. The lowest BCUT2D eigenvalue weighted by atomic mass is 10.1. The Morgan fingerprint density at radius 1 is 1.21 bits per heavy atom. The molecule has 1 aromatic heterocycles. The molecule has 2 saturated heterocycles. The highest BCUT2D eigenvalue weighted by Gasteiger charge is 2.32. The Morgan fingerprint density at radius 3 is 2.88 bits per heavy atom. The van der Waals surface area contributed by atoms with Crippen molar-refractivity contribution in [2.75, 3.05) is 13.1 Å². The number of amides is 1. The molecule has 2 aromatic rings. The lowest BCUT2D eigenvalue weighted by molar-refractivity contribution is 0.0742. The molecule has 2 aliphatic rings. The van der Waals surface area contributed by atoms with Crippen molar-refractivity contribution >= 4 is 34.2 Å². The zero-order valence-corrected chi connectivity index (χ0v) is 15.6. The molecule has 24 heavy (non-hydrogen) atoms. The van der Waals surface area contributed by atoms with E-state index < -0.39 is 0 Å². The molecule has 2 bridgehead atoms. The molecule has 2 fully saturated rings. The van der Waals surface area contributed by atoms with Gasteiger partial charge in [-0.25, -0.2) is 4.68 Å². The van der Waals surface area contributed by atoms with Crippen molar-refractivity contribution in [3.05, 3.63) is 46.7 Å². The highest BCUT2D eigenvalue weighted by molar-refractivity contribution is 9.10. The third kappa shape index (κ3) is 3.50. The van der Waals surface area contributed by atoms with Gasteiger partial charge in [-0.2, -0.15) is 5.10 Å². The molecule has 5 nitrogen and oxygen atoms in total. The largest absolute Gasteiger partial charge is 0.336 e. The monoisotopic (exact) mass is 410 g/mol. The van der Waals surface area contributed by atoms with Crippen LogP contribution in [0.25, 0.3) is 5.69 Å². The Hall–Kier alpha value is -1.37. The van der Waals surface area contributed by atoms with E-state index in [0.29, 0.717) is 17.8 Å². The maximum absolute atomic E-state index is 12.8. The molecular weight excluding hydrogens is 392 g/mol. The van der Waals surface area contributed by atoms with Gasteiger partial charge in [-0.3, -0.25) is 4.79 Å². The molecule has 0 radical (unpaired) electrons. The van der Waals surface area contributed by atoms with Gasteiger partial charge in [-0.1, -0.05) is 22.0 Å². The molecule has 1 N–H and O–H groups in total. The molecular formula is C17H20BrClN4O. The van der Waals surface area contributed by atoms with Crippen LogP contribution in [-0.2, 0) is 0 Å². The van der Waals surface area contributed by atoms with E-state index in [-0.39, 0.29) is 18.3 Å². The summed E-state index contributed by atoms with van der Waals surface area (Å²) >= 11 is 3.46. The lowest BCUT2D eigenvalue weighted by Crippen LogP contribution is -2.39. The van der Waals surface area contributed by atoms with E-state index in [0.717, 1.165) is 29.7 Å². The summed E-state index contributed by atoms with van der Waals surface area (Å²) in [5.41, 5.74) is 1.46. The molecule has 2 unspecified atom stereocenters. The second kappa shape index (κ2) is 7.25. The highest BCUT2D eigenvalue weighted by Crippen LogP contribution is 2.21. The van der Waals surface area contributed by atoms with E-state index in [2.05, 4.69) is 26.3 Å². The molecule has 2 aliphatic heterocycles. The van der Waals surface area contributed by atoms with Crippen LogP contribution in [-0.4, -0.2) is 45.8 Å². The number of hydrogen-bond donors (Lipinski definition) is 1. The zero-order valence-electron chi connectivity index (χ0n) is 13.2. The number of nitrogens with zero attached hydrogens (tertiary/aromatic N) is 3. The quantitative estimate of drug-likeness (QED) is 0.826. The van der Waals surface area contributed by atoms with Crippen molar-refractivity contribution in [3.63, 3.8) is 0 Å². The van der Waals surface area contributed by atoms with E-state index in [1.807, 2.05) is 35.4 Å². The molecule has 1 aromatic carbocycles. The average Bonchev–Trinajstić information content (AvgIpc) is 3.13. The summed E-state index contributed by atoms with van der Waals surface area (Å²) in [6.07, 6.45) is 5.29. The van der Waals surface area contributed by atoms with Crippen molar-refractivity contribution < 1.29 is 4.79 Å². The van der Waals surface area contributed by atoms with Gasteiger partial charge in [0.2, 0.25) is 0 Å². The summed E-state index contributed by atoms with van der Waals surface area (Å²) in [5.74, 6) is 0.0353. The first-order valence-corrected chi connectivity index (χ1v) is 8.85. The number of likely N-dealkylation sites (tertiary alicyclic amines) is 1. The second-order valence-electron chi connectivity index (χ2n) is 6.30. The molecule has 2 atom stereocenters. The SMILES string of the molecule is Cl.O=C(c1ccn(-c2cccc(Br)c2)n1)N1CCC2CCC(C1)N2. The van der Waals surface area contributed by atoms with Crippen molar-refractivity contribution in [1.82, 2.24) is 20.0 Å². The number of carbonyl (C=O) groups is 1. The van der Waals surface area contributed by atoms with Gasteiger partial charge in [-0.05, 0) is 43.5 Å². The number of rotatable bonds is 2. The van der Waals surface area contributed by atoms with E-state index in [1.54, 1.807) is 10.7 Å². The van der Waals surface area contributed by atoms with Crippen molar-refractivity contribution in [1.29, 1.82) is 0 Å². The topological polar surface area (TPSA) is 50.2 Å². The number of nitrogens with one attached hydrogen (secondary N) is 1. The lowest BCUT2D eigenvalue weighted by Gasteiger charge is -2.23. The summed E-state index contributed by atoms with van der Waals surface area (Å²) in [6, 6.07) is 10.7. The standard InChI is InChI=1S/C17H19BrN4O.ClH/c18-12-2-1-3-15(10-12)22-9-7-16(20-22)17(23)21-8-6-13-4-5-14(11-21)19-13;/h1-3,7,9-10,13-14,19H,4-6,8,11H2;1H. The molecule has 128 valence electrons. The number of carbonyl (C=O) groups excluding carboxylic acids is 1. The zero-order chi connectivity index (χ0) is 15.8. The number of aromatic nitrogens is 2. The first-order valence-electron chi connectivity index (χ1n) is 8.06. The van der Waals surface area contributed by atoms with Crippen LogP contribution in [0, 0.1) is 0 Å². The minimum absolute atomic E-state index is 0. The van der Waals surface area contributed by atoms with E-state index >= 15 is 0 Å². The van der Waals surface area contributed by atoms with E-state index in [9.17, 15) is 4.79 Å². The van der Waals surface area contributed by atoms with Gasteiger partial charge in [-0.15, -0.1) is 12.4 Å². The van der Waals surface area contributed by atoms with E-state index in [1.165, 1.54) is 12.8 Å². The summed E-state index contributed by atoms with van der Waals surface area (Å²) in [6.45, 7) is 1.61. The number of fused-ring (bicyclic) bond motifs is 2. The minimum Gasteiger partial charge on any atom is -0.336 e. The van der Waals surface area contributed by atoms with Crippen molar-refractivity contribution in [3.8, 4) is 5.69 Å². The maximum atomic E-state index is 12.8. The fourth-order valence-electron chi connectivity index (χ4n) is 3.49. The molecule has 0 saturated carbocycles. The third-order valence-corrected chi connectivity index (χ3v) is 5.18. The normalized spacial score (nSPS) is 22.8. The fourth-order valence-corrected chi connectivity index (χ4v) is 3.88. The van der Waals surface area contributed by atoms with Gasteiger partial charge in [0.15, 0.2) is 5.69 Å².